The number of esters is 1. The van der Waals surface area contributed by atoms with E-state index in [9.17, 15) is 9.59 Å². The van der Waals surface area contributed by atoms with E-state index in [1.807, 2.05) is 0 Å². The van der Waals surface area contributed by atoms with Gasteiger partial charge in [0.15, 0.2) is 11.5 Å². The van der Waals surface area contributed by atoms with Crippen molar-refractivity contribution in [3.8, 4) is 11.5 Å². The summed E-state index contributed by atoms with van der Waals surface area (Å²) >= 11 is 12.0. The van der Waals surface area contributed by atoms with E-state index < -0.39 is 5.97 Å². The van der Waals surface area contributed by atoms with Gasteiger partial charge in [-0.2, -0.15) is 0 Å². The average molecular weight is 383 g/mol. The maximum atomic E-state index is 12.3. The van der Waals surface area contributed by atoms with E-state index in [0.717, 1.165) is 0 Å². The summed E-state index contributed by atoms with van der Waals surface area (Å²) in [5, 5.41) is 0.413. The van der Waals surface area contributed by atoms with Gasteiger partial charge in [0.25, 0.3) is 0 Å². The van der Waals surface area contributed by atoms with E-state index >= 15 is 0 Å². The highest BCUT2D eigenvalue weighted by Crippen LogP contribution is 2.34. The summed E-state index contributed by atoms with van der Waals surface area (Å²) in [6.45, 7) is 1.39. The lowest BCUT2D eigenvalue weighted by atomic mass is 10.1. The number of carbonyl (C=O) groups is 2. The van der Waals surface area contributed by atoms with E-state index in [2.05, 4.69) is 0 Å². The van der Waals surface area contributed by atoms with E-state index in [4.69, 9.17) is 37.4 Å². The first-order chi connectivity index (χ1) is 11.9. The Hall–Kier alpha value is -2.24. The standard InChI is InChI=1S/C18H16Cl2O5/c1-10(21)11-4-5-16(23-2)13(6-11)9-25-18(22)12-7-14(19)17(24-3)15(20)8-12/h4-8H,9H2,1-3H3. The Labute approximate surface area is 155 Å². The summed E-state index contributed by atoms with van der Waals surface area (Å²) < 4.78 is 15.6. The summed E-state index contributed by atoms with van der Waals surface area (Å²) in [6.07, 6.45) is 0. The lowest BCUT2D eigenvalue weighted by Crippen LogP contribution is -2.07. The van der Waals surface area contributed by atoms with Crippen molar-refractivity contribution in [3.05, 3.63) is 57.1 Å². The van der Waals surface area contributed by atoms with Crippen molar-refractivity contribution in [2.45, 2.75) is 13.5 Å². The lowest BCUT2D eigenvalue weighted by Gasteiger charge is -2.12. The molecule has 0 atom stereocenters. The Bertz CT molecular complexity index is 794. The van der Waals surface area contributed by atoms with Gasteiger partial charge < -0.3 is 14.2 Å². The topological polar surface area (TPSA) is 61.8 Å². The number of Topliss-reactive ketones (excluding diaryl/α,β-unsaturated/α-hetero) is 1. The van der Waals surface area contributed by atoms with Gasteiger partial charge in [0.2, 0.25) is 0 Å². The van der Waals surface area contributed by atoms with Crippen molar-refractivity contribution >= 4 is 35.0 Å². The molecule has 5 nitrogen and oxygen atoms in total. The number of carbonyl (C=O) groups excluding carboxylic acids is 2. The molecule has 0 aliphatic rings. The number of ketones is 1. The van der Waals surface area contributed by atoms with Crippen LogP contribution in [0.4, 0.5) is 0 Å². The summed E-state index contributed by atoms with van der Waals surface area (Å²) in [4.78, 5) is 23.8. The largest absolute Gasteiger partial charge is 0.496 e. The normalized spacial score (nSPS) is 10.3. The average Bonchev–Trinajstić information content (AvgIpc) is 2.58. The molecule has 0 aliphatic carbocycles. The molecule has 0 aliphatic heterocycles. The Morgan fingerprint density at radius 2 is 1.60 bits per heavy atom. The minimum absolute atomic E-state index is 0.0651. The Kier molecular flexibility index (Phi) is 6.28. The molecule has 2 aromatic carbocycles. The molecule has 0 radical (unpaired) electrons. The van der Waals surface area contributed by atoms with Crippen LogP contribution in [0, 0.1) is 0 Å². The van der Waals surface area contributed by atoms with Crippen LogP contribution in [0.5, 0.6) is 11.5 Å². The highest BCUT2D eigenvalue weighted by Gasteiger charge is 2.16. The molecule has 25 heavy (non-hydrogen) atoms. The number of hydrogen-bond acceptors (Lipinski definition) is 5. The Morgan fingerprint density at radius 1 is 0.960 bits per heavy atom. The quantitative estimate of drug-likeness (QED) is 0.540. The van der Waals surface area contributed by atoms with Crippen molar-refractivity contribution in [3.63, 3.8) is 0 Å². The molecule has 0 unspecified atom stereocenters. The maximum Gasteiger partial charge on any atom is 0.338 e. The van der Waals surface area contributed by atoms with Crippen LogP contribution in [-0.4, -0.2) is 26.0 Å². The second kappa shape index (κ2) is 8.23. The lowest BCUT2D eigenvalue weighted by molar-refractivity contribution is 0.0470. The van der Waals surface area contributed by atoms with Crippen LogP contribution >= 0.6 is 23.2 Å². The van der Waals surface area contributed by atoms with E-state index in [1.54, 1.807) is 18.2 Å². The number of halogens is 2. The first kappa shape index (κ1) is 19.1. The van der Waals surface area contributed by atoms with Crippen LogP contribution < -0.4 is 9.47 Å². The van der Waals surface area contributed by atoms with Crippen molar-refractivity contribution < 1.29 is 23.8 Å². The van der Waals surface area contributed by atoms with Crippen LogP contribution in [-0.2, 0) is 11.3 Å². The predicted molar refractivity (Wildman–Crippen MR) is 95.1 cm³/mol. The minimum Gasteiger partial charge on any atom is -0.496 e. The van der Waals surface area contributed by atoms with Gasteiger partial charge in [-0.15, -0.1) is 0 Å². The van der Waals surface area contributed by atoms with Crippen molar-refractivity contribution in [2.24, 2.45) is 0 Å². The number of benzene rings is 2. The van der Waals surface area contributed by atoms with Crippen LogP contribution in [0.2, 0.25) is 10.0 Å². The smallest absolute Gasteiger partial charge is 0.338 e. The molecule has 0 saturated heterocycles. The van der Waals surface area contributed by atoms with Gasteiger partial charge in [-0.25, -0.2) is 4.79 Å². The molecular formula is C18H16Cl2O5. The monoisotopic (exact) mass is 382 g/mol. The van der Waals surface area contributed by atoms with E-state index in [-0.39, 0.29) is 33.7 Å². The highest BCUT2D eigenvalue weighted by atomic mass is 35.5. The highest BCUT2D eigenvalue weighted by molar-refractivity contribution is 6.37. The molecule has 0 bridgehead atoms. The Morgan fingerprint density at radius 3 is 2.12 bits per heavy atom. The van der Waals surface area contributed by atoms with Crippen LogP contribution in [0.15, 0.2) is 30.3 Å². The fraction of sp³-hybridized carbons (Fsp3) is 0.222. The molecule has 7 heteroatoms. The first-order valence-electron chi connectivity index (χ1n) is 7.25. The molecule has 0 heterocycles. The third kappa shape index (κ3) is 4.44. The molecule has 2 aromatic rings. The zero-order valence-electron chi connectivity index (χ0n) is 13.9. The molecular weight excluding hydrogens is 367 g/mol. The zero-order valence-corrected chi connectivity index (χ0v) is 15.4. The van der Waals surface area contributed by atoms with Crippen molar-refractivity contribution in [2.75, 3.05) is 14.2 Å². The second-order valence-electron chi connectivity index (χ2n) is 5.13. The van der Waals surface area contributed by atoms with Crippen LogP contribution in [0.3, 0.4) is 0 Å². The van der Waals surface area contributed by atoms with Gasteiger partial charge in [-0.05, 0) is 37.3 Å². The molecule has 0 spiro atoms. The van der Waals surface area contributed by atoms with Gasteiger partial charge in [-0.3, -0.25) is 4.79 Å². The molecule has 0 N–H and O–H groups in total. The fourth-order valence-electron chi connectivity index (χ4n) is 2.21. The van der Waals surface area contributed by atoms with E-state index in [0.29, 0.717) is 16.9 Å². The van der Waals surface area contributed by atoms with Crippen molar-refractivity contribution in [1.82, 2.24) is 0 Å². The van der Waals surface area contributed by atoms with Gasteiger partial charge >= 0.3 is 5.97 Å². The van der Waals surface area contributed by atoms with Crippen LogP contribution in [0.1, 0.15) is 33.2 Å². The second-order valence-corrected chi connectivity index (χ2v) is 5.95. The first-order valence-corrected chi connectivity index (χ1v) is 8.01. The van der Waals surface area contributed by atoms with Crippen LogP contribution in [0.25, 0.3) is 0 Å². The molecule has 2 rings (SSSR count). The van der Waals surface area contributed by atoms with Gasteiger partial charge in [0.1, 0.15) is 12.4 Å². The van der Waals surface area contributed by atoms with E-state index in [1.165, 1.54) is 33.3 Å². The molecule has 0 fully saturated rings. The third-order valence-electron chi connectivity index (χ3n) is 3.48. The predicted octanol–water partition coefficient (Wildman–Crippen LogP) is 4.57. The summed E-state index contributed by atoms with van der Waals surface area (Å²) in [6, 6.07) is 7.76. The Balaban J connectivity index is 2.20. The number of ether oxygens (including phenoxy) is 3. The fourth-order valence-corrected chi connectivity index (χ4v) is 2.85. The molecule has 0 saturated carbocycles. The number of rotatable bonds is 6. The maximum absolute atomic E-state index is 12.3. The summed E-state index contributed by atoms with van der Waals surface area (Å²) in [5.41, 5.74) is 1.27. The SMILES string of the molecule is COc1ccc(C(C)=O)cc1COC(=O)c1cc(Cl)c(OC)c(Cl)c1. The zero-order chi connectivity index (χ0) is 18.6. The van der Waals surface area contributed by atoms with Gasteiger partial charge in [-0.1, -0.05) is 23.2 Å². The van der Waals surface area contributed by atoms with Gasteiger partial charge in [0.05, 0.1) is 29.8 Å². The van der Waals surface area contributed by atoms with Gasteiger partial charge in [0, 0.05) is 11.1 Å². The minimum atomic E-state index is -0.610. The van der Waals surface area contributed by atoms with Crippen molar-refractivity contribution in [1.29, 1.82) is 0 Å². The number of methoxy groups -OCH3 is 2. The third-order valence-corrected chi connectivity index (χ3v) is 4.05. The molecule has 0 aromatic heterocycles. The summed E-state index contributed by atoms with van der Waals surface area (Å²) in [7, 11) is 2.93. The molecule has 0 amide bonds. The molecule has 132 valence electrons. The summed E-state index contributed by atoms with van der Waals surface area (Å²) in [5.74, 6) is 0.102. The number of hydrogen-bond donors (Lipinski definition) is 0.